The predicted octanol–water partition coefficient (Wildman–Crippen LogP) is 10.4. The third kappa shape index (κ3) is 2.94. The number of aromatic nitrogens is 4. The molecule has 0 bridgehead atoms. The SMILES string of the molecule is c1cccc(-c2nc3ccccc3nc2-n2c3c4c5c(ccc6c7ccc8ccccc8c7n(c7cccc8ccc2c4c87)c65)CC3)c#1. The second-order valence-corrected chi connectivity index (χ2v) is 13.1. The number of hydrogen-bond donors (Lipinski definition) is 0. The summed E-state index contributed by atoms with van der Waals surface area (Å²) in [5.41, 5.74) is 11.1. The maximum absolute atomic E-state index is 5.39. The fourth-order valence-electron chi connectivity index (χ4n) is 8.83. The predicted molar refractivity (Wildman–Crippen MR) is 197 cm³/mol. The molecule has 0 radical (unpaired) electrons. The van der Waals surface area contributed by atoms with Gasteiger partial charge in [0.15, 0.2) is 5.82 Å². The highest BCUT2D eigenvalue weighted by atomic mass is 15.1. The van der Waals surface area contributed by atoms with E-state index in [1.807, 2.05) is 30.3 Å². The van der Waals surface area contributed by atoms with E-state index in [0.29, 0.717) is 0 Å². The molecule has 4 heteroatoms. The van der Waals surface area contributed by atoms with E-state index in [4.69, 9.17) is 9.97 Å². The second kappa shape index (κ2) is 8.67. The summed E-state index contributed by atoms with van der Waals surface area (Å²) < 4.78 is 5.01. The van der Waals surface area contributed by atoms with Crippen molar-refractivity contribution in [2.24, 2.45) is 0 Å². The second-order valence-electron chi connectivity index (χ2n) is 13.1. The molecule has 1 aliphatic rings. The van der Waals surface area contributed by atoms with Crippen molar-refractivity contribution in [1.29, 1.82) is 0 Å². The number of aryl methyl sites for hydroxylation is 2. The van der Waals surface area contributed by atoms with Crippen LogP contribution in [-0.2, 0) is 12.8 Å². The van der Waals surface area contributed by atoms with Crippen molar-refractivity contribution in [3.8, 4) is 17.1 Å². The Morgan fingerprint density at radius 3 is 2.27 bits per heavy atom. The van der Waals surface area contributed by atoms with Crippen LogP contribution >= 0.6 is 0 Å². The highest BCUT2D eigenvalue weighted by Gasteiger charge is 2.30. The number of rotatable bonds is 2. The van der Waals surface area contributed by atoms with Gasteiger partial charge in [0.05, 0.1) is 38.7 Å². The van der Waals surface area contributed by atoms with E-state index in [0.717, 1.165) is 46.5 Å². The van der Waals surface area contributed by atoms with Crippen molar-refractivity contribution in [3.05, 3.63) is 145 Å². The number of para-hydroxylation sites is 2. The lowest BCUT2D eigenvalue weighted by Gasteiger charge is -2.18. The number of hydrogen-bond acceptors (Lipinski definition) is 2. The van der Waals surface area contributed by atoms with E-state index in [1.54, 1.807) is 0 Å². The Balaban J connectivity index is 1.37. The Labute approximate surface area is 274 Å². The molecular formula is C44H24N4. The van der Waals surface area contributed by atoms with Gasteiger partial charge in [0.1, 0.15) is 5.69 Å². The molecule has 1 aliphatic carbocycles. The molecule has 220 valence electrons. The quantitative estimate of drug-likeness (QED) is 0.196. The molecule has 4 heterocycles. The van der Waals surface area contributed by atoms with Crippen LogP contribution < -0.4 is 0 Å². The minimum absolute atomic E-state index is 0.820. The van der Waals surface area contributed by atoms with Gasteiger partial charge in [0, 0.05) is 43.4 Å². The Morgan fingerprint density at radius 2 is 1.35 bits per heavy atom. The summed E-state index contributed by atoms with van der Waals surface area (Å²) in [4.78, 5) is 10.6. The molecule has 4 nitrogen and oxygen atoms in total. The summed E-state index contributed by atoms with van der Waals surface area (Å²) in [6, 6.07) is 50.2. The van der Waals surface area contributed by atoms with Crippen LogP contribution in [0.5, 0.6) is 0 Å². The first-order chi connectivity index (χ1) is 23.8. The Bertz CT molecular complexity index is 3160. The van der Waals surface area contributed by atoms with Crippen LogP contribution in [0, 0.1) is 12.1 Å². The first-order valence-electron chi connectivity index (χ1n) is 16.6. The van der Waals surface area contributed by atoms with Crippen LogP contribution in [0.1, 0.15) is 11.3 Å². The Hall–Kier alpha value is -6.44. The maximum atomic E-state index is 5.39. The van der Waals surface area contributed by atoms with Gasteiger partial charge < -0.3 is 4.40 Å². The lowest BCUT2D eigenvalue weighted by molar-refractivity contribution is 0.869. The molecule has 0 atom stereocenters. The molecule has 48 heavy (non-hydrogen) atoms. The monoisotopic (exact) mass is 608 g/mol. The van der Waals surface area contributed by atoms with E-state index < -0.39 is 0 Å². The van der Waals surface area contributed by atoms with Gasteiger partial charge in [-0.1, -0.05) is 97.1 Å². The molecule has 0 aliphatic heterocycles. The first-order valence-corrected chi connectivity index (χ1v) is 16.6. The summed E-state index contributed by atoms with van der Waals surface area (Å²) in [6.07, 6.45) is 1.87. The zero-order chi connectivity index (χ0) is 31.1. The van der Waals surface area contributed by atoms with E-state index >= 15 is 0 Å². The summed E-state index contributed by atoms with van der Waals surface area (Å²) in [5.74, 6) is 0.843. The highest BCUT2D eigenvalue weighted by molar-refractivity contribution is 6.33. The lowest BCUT2D eigenvalue weighted by Crippen LogP contribution is -2.10. The normalized spacial score (nSPS) is 13.1. The van der Waals surface area contributed by atoms with Crippen LogP contribution in [0.2, 0.25) is 0 Å². The number of benzene rings is 6. The van der Waals surface area contributed by atoms with E-state index in [2.05, 4.69) is 112 Å². The van der Waals surface area contributed by atoms with Crippen LogP contribution in [0.15, 0.2) is 121 Å². The third-order valence-electron chi connectivity index (χ3n) is 10.7. The number of fused-ring (bicyclic) bond motifs is 7. The van der Waals surface area contributed by atoms with Crippen LogP contribution in [0.25, 0.3) is 98.7 Å². The molecular weight excluding hydrogens is 585 g/mol. The van der Waals surface area contributed by atoms with Gasteiger partial charge in [-0.2, -0.15) is 0 Å². The Kier molecular flexibility index (Phi) is 4.47. The smallest absolute Gasteiger partial charge is 0.165 e. The molecule has 0 saturated carbocycles. The average molecular weight is 609 g/mol. The zero-order valence-electron chi connectivity index (χ0n) is 25.8. The summed E-state index contributed by atoms with van der Waals surface area (Å²) >= 11 is 0. The standard InChI is InChI=1S/C44H24N4/c1-2-10-28(11-3-1)41-44(46-33-15-7-6-14-32(33)45-41)47-35-23-19-26-12-8-16-34-37(26)39(35)40-36(47)24-20-27-18-22-31-30-21-17-25-9-4-5-13-29(25)42(30)48(34)43(31)38(27)40/h1-2,4-10,12-19,21-23H,20,24H2. The molecule has 0 fully saturated rings. The third-order valence-corrected chi connectivity index (χ3v) is 10.7. The summed E-state index contributed by atoms with van der Waals surface area (Å²) in [6.45, 7) is 0. The van der Waals surface area contributed by atoms with Gasteiger partial charge in [-0.15, -0.1) is 0 Å². The topological polar surface area (TPSA) is 35.1 Å². The average Bonchev–Trinajstić information content (AvgIpc) is 3.63. The van der Waals surface area contributed by atoms with Crippen molar-refractivity contribution in [2.75, 3.05) is 0 Å². The minimum atomic E-state index is 0.820. The van der Waals surface area contributed by atoms with Crippen LogP contribution in [0.4, 0.5) is 0 Å². The molecule has 0 N–H and O–H groups in total. The lowest BCUT2D eigenvalue weighted by atomic mass is 9.91. The number of nitrogens with zero attached hydrogens (tertiary/aromatic N) is 4. The maximum Gasteiger partial charge on any atom is 0.165 e. The van der Waals surface area contributed by atoms with E-state index in [-0.39, 0.29) is 0 Å². The molecule has 0 unspecified atom stereocenters. The van der Waals surface area contributed by atoms with Crippen molar-refractivity contribution in [2.45, 2.75) is 12.8 Å². The van der Waals surface area contributed by atoms with Crippen molar-refractivity contribution in [1.82, 2.24) is 18.9 Å². The van der Waals surface area contributed by atoms with Crippen LogP contribution in [-0.4, -0.2) is 18.9 Å². The Morgan fingerprint density at radius 1 is 0.542 bits per heavy atom. The summed E-state index contributed by atoms with van der Waals surface area (Å²) in [5, 5.41) is 11.7. The molecule has 12 rings (SSSR count). The zero-order valence-corrected chi connectivity index (χ0v) is 25.8. The van der Waals surface area contributed by atoms with Gasteiger partial charge in [0.2, 0.25) is 0 Å². The van der Waals surface area contributed by atoms with E-state index in [9.17, 15) is 0 Å². The summed E-state index contributed by atoms with van der Waals surface area (Å²) in [7, 11) is 0. The van der Waals surface area contributed by atoms with E-state index in [1.165, 1.54) is 76.3 Å². The van der Waals surface area contributed by atoms with Gasteiger partial charge in [-0.05, 0) is 65.6 Å². The fourth-order valence-corrected chi connectivity index (χ4v) is 8.83. The van der Waals surface area contributed by atoms with Crippen molar-refractivity contribution in [3.63, 3.8) is 0 Å². The molecule has 0 amide bonds. The van der Waals surface area contributed by atoms with Gasteiger partial charge in [0.25, 0.3) is 0 Å². The van der Waals surface area contributed by atoms with Crippen molar-refractivity contribution < 1.29 is 0 Å². The van der Waals surface area contributed by atoms with Gasteiger partial charge in [-0.25, -0.2) is 9.97 Å². The molecule has 11 aromatic rings. The molecule has 0 saturated heterocycles. The van der Waals surface area contributed by atoms with Crippen LogP contribution in [0.3, 0.4) is 0 Å². The minimum Gasteiger partial charge on any atom is -0.307 e. The van der Waals surface area contributed by atoms with Gasteiger partial charge in [-0.3, -0.25) is 4.57 Å². The van der Waals surface area contributed by atoms with Gasteiger partial charge >= 0.3 is 0 Å². The highest BCUT2D eigenvalue weighted by Crippen LogP contribution is 2.49. The molecule has 7 aromatic carbocycles. The molecule has 0 spiro atoms. The largest absolute Gasteiger partial charge is 0.307 e. The van der Waals surface area contributed by atoms with Crippen molar-refractivity contribution >= 4 is 81.6 Å². The molecule has 4 aromatic heterocycles. The fraction of sp³-hybridized carbons (Fsp3) is 0.0455. The first kappa shape index (κ1) is 24.7.